The topological polar surface area (TPSA) is 542 Å². The summed E-state index contributed by atoms with van der Waals surface area (Å²) in [5.41, 5.74) is 5.16. The molecule has 4 aliphatic heterocycles. The number of carbonyl (C=O) groups excluding carboxylic acids is 7. The smallest absolute Gasteiger partial charge is 0.407 e. The van der Waals surface area contributed by atoms with Crippen molar-refractivity contribution in [3.63, 3.8) is 0 Å². The Morgan fingerprint density at radius 3 is 2.12 bits per heavy atom. The van der Waals surface area contributed by atoms with Crippen molar-refractivity contribution in [2.24, 2.45) is 17.6 Å². The molecule has 0 bridgehead atoms. The number of hydrogen-bond acceptors (Lipinski definition) is 27. The van der Waals surface area contributed by atoms with Crippen molar-refractivity contribution in [2.45, 2.75) is 253 Å². The van der Waals surface area contributed by atoms with E-state index in [0.29, 0.717) is 18.3 Å². The van der Waals surface area contributed by atoms with Gasteiger partial charge in [-0.05, 0) is 80.2 Å². The highest BCUT2D eigenvalue weighted by atomic mass is 16.7. The van der Waals surface area contributed by atoms with Gasteiger partial charge >= 0.3 is 11.8 Å². The number of aliphatic hydroxyl groups is 10. The second kappa shape index (κ2) is 42.3. The predicted molar refractivity (Wildman–Crippen MR) is 373 cm³/mol. The molecule has 0 saturated carbocycles. The minimum atomic E-state index is -2.34. The fourth-order valence-corrected chi connectivity index (χ4v) is 13.6. The zero-order valence-corrected chi connectivity index (χ0v) is 59.9. The zero-order valence-electron chi connectivity index (χ0n) is 59.9. The molecule has 2 aromatic carbocycles. The number of carbonyl (C=O) groups is 7. The monoisotopic (exact) mass is 1480 g/mol. The second-order valence-corrected chi connectivity index (χ2v) is 28.0. The van der Waals surface area contributed by atoms with E-state index in [-0.39, 0.29) is 74.8 Å². The van der Waals surface area contributed by atoms with E-state index >= 15 is 9.59 Å². The molecule has 35 nitrogen and oxygen atoms in total. The highest BCUT2D eigenvalue weighted by Gasteiger charge is 2.49. The van der Waals surface area contributed by atoms with Crippen LogP contribution < -0.4 is 53.0 Å². The lowest BCUT2D eigenvalue weighted by atomic mass is 9.91. The third-order valence-corrected chi connectivity index (χ3v) is 19.6. The van der Waals surface area contributed by atoms with Crippen LogP contribution in [0.25, 0.3) is 0 Å². The molecule has 0 radical (unpaired) electrons. The number of nitro groups is 1. The number of alkyl carbamates (subject to hydrolysis) is 1. The molecule has 3 unspecified atom stereocenters. The standard InChI is InChI=1S/C69H112N12O23/c1-6-37(2)28-38(3)14-12-10-8-7-9-11-13-15-54(90)76-43-30-51(89)63(71-26-24-70)74-33-48-49(87)23-27-79(48)67(98)56(50(88)22-25-72-69(99)102-36-41-16-21-52(46(29-41)81(100)101)103-68-58(75-40(5)84)62(94)60(92)53(35-82)104-68)77-65(96)57(61(93)59(91)42-17-19-44(85)20-18-42)78-64(95)47-31-45(86)34-80(47)66(97)55(39(4)83)73-32-43/h16-21,29,37-39,43,45,47-51,53,55-63,68,71,73-74,82-83,85-89,91-94H,6-15,22-28,30-36,70H2,1-5H3,(H,72,99)(H,75,84)(H,76,90)(H,77,96)(H,78,95)/t37?,38?,39-,43-,45-,47+,48-,49+,50-,51-,53-,55+,56+,57+,58-,59+,60?,61+,62-,63+,68-/m1/s1. The molecule has 21 N–H and O–H groups in total. The number of nitrogens with zero attached hydrogens (tertiary/aromatic N) is 3. The lowest BCUT2D eigenvalue weighted by Crippen LogP contribution is -2.65. The Labute approximate surface area is 604 Å². The van der Waals surface area contributed by atoms with E-state index in [2.05, 4.69) is 63.3 Å². The molecule has 4 saturated heterocycles. The van der Waals surface area contributed by atoms with Gasteiger partial charge in [-0.3, -0.25) is 49.5 Å². The van der Waals surface area contributed by atoms with Crippen LogP contribution in [0.2, 0.25) is 0 Å². The van der Waals surface area contributed by atoms with E-state index in [0.717, 1.165) is 73.1 Å². The summed E-state index contributed by atoms with van der Waals surface area (Å²) in [5.74, 6) is -4.95. The number of nitrogens with two attached hydrogens (primary N) is 1. The Balaban J connectivity index is 1.25. The maximum absolute atomic E-state index is 15.2. The molecule has 2 aromatic rings. The van der Waals surface area contributed by atoms with Crippen molar-refractivity contribution in [3.05, 3.63) is 63.7 Å². The van der Waals surface area contributed by atoms with Gasteiger partial charge in [0, 0.05) is 77.7 Å². The number of aliphatic hydroxyl groups excluding tert-OH is 10. The van der Waals surface area contributed by atoms with Gasteiger partial charge in [-0.15, -0.1) is 0 Å². The normalized spacial score (nSPS) is 28.6. The van der Waals surface area contributed by atoms with Crippen molar-refractivity contribution in [2.75, 3.05) is 52.4 Å². The third kappa shape index (κ3) is 25.3. The fourth-order valence-electron chi connectivity index (χ4n) is 13.6. The molecule has 4 aliphatic rings. The van der Waals surface area contributed by atoms with Gasteiger partial charge in [0.05, 0.1) is 54.3 Å². The molecule has 0 spiro atoms. The Morgan fingerprint density at radius 2 is 1.46 bits per heavy atom. The molecule has 0 aliphatic carbocycles. The molecule has 35 heteroatoms. The summed E-state index contributed by atoms with van der Waals surface area (Å²) in [6, 6.07) is -3.13. The maximum atomic E-state index is 15.2. The van der Waals surface area contributed by atoms with Crippen LogP contribution in [0.3, 0.4) is 0 Å². The summed E-state index contributed by atoms with van der Waals surface area (Å²) in [6.45, 7) is 6.19. The van der Waals surface area contributed by atoms with E-state index in [9.17, 15) is 90.3 Å². The molecular weight excluding hydrogens is 1360 g/mol. The number of hydrogen-bond donors (Lipinski definition) is 20. The summed E-state index contributed by atoms with van der Waals surface area (Å²) in [6.07, 6.45) is -11.7. The maximum Gasteiger partial charge on any atom is 0.407 e. The van der Waals surface area contributed by atoms with Gasteiger partial charge in [0.25, 0.3) is 0 Å². The summed E-state index contributed by atoms with van der Waals surface area (Å²) < 4.78 is 16.6. The van der Waals surface area contributed by atoms with Gasteiger partial charge in [-0.1, -0.05) is 90.3 Å². The quantitative estimate of drug-likeness (QED) is 0.0200. The van der Waals surface area contributed by atoms with Crippen molar-refractivity contribution in [1.82, 2.24) is 52.3 Å². The highest BCUT2D eigenvalue weighted by Crippen LogP contribution is 2.33. The van der Waals surface area contributed by atoms with Crippen molar-refractivity contribution >= 4 is 47.2 Å². The van der Waals surface area contributed by atoms with Crippen molar-refractivity contribution < 1.29 is 109 Å². The van der Waals surface area contributed by atoms with Crippen LogP contribution in [0.1, 0.15) is 148 Å². The highest BCUT2D eigenvalue weighted by molar-refractivity contribution is 5.96. The Hall–Kier alpha value is -7.07. The van der Waals surface area contributed by atoms with Gasteiger partial charge in [0.2, 0.25) is 41.7 Å². The van der Waals surface area contributed by atoms with Crippen LogP contribution in [0.4, 0.5) is 10.5 Å². The van der Waals surface area contributed by atoms with Gasteiger partial charge in [0.15, 0.2) is 5.75 Å². The number of amides is 7. The number of unbranched alkanes of at least 4 members (excludes halogenated alkanes) is 6. The largest absolute Gasteiger partial charge is 0.508 e. The summed E-state index contributed by atoms with van der Waals surface area (Å²) in [4.78, 5) is 112. The van der Waals surface area contributed by atoms with Gasteiger partial charge in [-0.2, -0.15) is 0 Å². The zero-order chi connectivity index (χ0) is 76.5. The number of fused-ring (bicyclic) bond motifs is 2. The van der Waals surface area contributed by atoms with E-state index in [1.807, 2.05) is 0 Å². The van der Waals surface area contributed by atoms with Gasteiger partial charge in [0.1, 0.15) is 73.1 Å². The first-order chi connectivity index (χ1) is 49.5. The molecular formula is C69H112N12O23. The first kappa shape index (κ1) is 85.9. The minimum Gasteiger partial charge on any atom is -0.508 e. The lowest BCUT2D eigenvalue weighted by molar-refractivity contribution is -0.386. The molecule has 6 rings (SSSR count). The van der Waals surface area contributed by atoms with Crippen LogP contribution >= 0.6 is 0 Å². The van der Waals surface area contributed by atoms with Crippen molar-refractivity contribution in [3.8, 4) is 11.5 Å². The predicted octanol–water partition coefficient (Wildman–Crippen LogP) is -2.78. The molecule has 0 aromatic heterocycles. The number of ether oxygens (including phenoxy) is 3. The lowest BCUT2D eigenvalue weighted by Gasteiger charge is -2.41. The fraction of sp³-hybridized carbons (Fsp3) is 0.725. The summed E-state index contributed by atoms with van der Waals surface area (Å²) >= 11 is 0. The first-order valence-corrected chi connectivity index (χ1v) is 36.2. The Kier molecular flexibility index (Phi) is 34.9. The Morgan fingerprint density at radius 1 is 0.788 bits per heavy atom. The molecule has 586 valence electrons. The average Bonchev–Trinajstić information content (AvgIpc) is 1.05. The Bertz CT molecular complexity index is 3070. The van der Waals surface area contributed by atoms with E-state index < -0.39 is 207 Å². The van der Waals surface area contributed by atoms with Gasteiger partial charge < -0.3 is 118 Å². The van der Waals surface area contributed by atoms with Crippen LogP contribution in [-0.2, 0) is 44.8 Å². The van der Waals surface area contributed by atoms with Crippen LogP contribution in [0.15, 0.2) is 42.5 Å². The minimum absolute atomic E-state index is 0.0207. The van der Waals surface area contributed by atoms with E-state index in [1.54, 1.807) is 0 Å². The summed E-state index contributed by atoms with van der Waals surface area (Å²) in [7, 11) is 0. The molecule has 104 heavy (non-hydrogen) atoms. The molecule has 4 fully saturated rings. The van der Waals surface area contributed by atoms with E-state index in [1.165, 1.54) is 50.8 Å². The number of aromatic hydroxyl groups is 1. The van der Waals surface area contributed by atoms with Crippen LogP contribution in [-0.4, -0.2) is 275 Å². The number of nitro benzene ring substituents is 1. The molecule has 4 heterocycles. The number of rotatable bonds is 32. The SMILES string of the molecule is CCC(C)CC(C)CCCCCCCCCC(=O)N[C@H]1CN[C@@H]([C@@H](C)O)C(=O)N2C[C@H](O)C[C@H]2C(=O)N[C@@H]([C@H](O)[C@@H](O)c2ccc(O)cc2)C(=O)N[C@@H]([C@H](O)CCNC(=O)OCc2ccc(O[C@@H]3O[C@H](CO)C(O)[C@H](O)[C@H]3NC(C)=O)c([N+](=O)[O-])c2)C(=O)N2CC[C@H](O)[C@H]2CN[C@H](NCCN)[C@H](O)C1. The number of nitrogens with one attached hydrogen (secondary N) is 8. The van der Waals surface area contributed by atoms with Crippen molar-refractivity contribution in [1.29, 1.82) is 0 Å². The van der Waals surface area contributed by atoms with Crippen LogP contribution in [0, 0.1) is 22.0 Å². The first-order valence-electron chi connectivity index (χ1n) is 36.2. The molecule has 21 atom stereocenters. The third-order valence-electron chi connectivity index (χ3n) is 19.6. The molecule has 7 amide bonds. The number of phenols is 1. The second-order valence-electron chi connectivity index (χ2n) is 28.0. The van der Waals surface area contributed by atoms with Gasteiger partial charge in [-0.25, -0.2) is 4.79 Å². The van der Waals surface area contributed by atoms with Crippen LogP contribution in [0.5, 0.6) is 11.5 Å². The van der Waals surface area contributed by atoms with E-state index in [4.69, 9.17) is 19.9 Å². The summed E-state index contributed by atoms with van der Waals surface area (Å²) in [5, 5.41) is 157. The number of benzene rings is 2. The number of phenolic OH excluding ortho intramolecular Hbond substituents is 1. The average molecular weight is 1480 g/mol.